The smallest absolute Gasteiger partial charge is 0.306 e. The molecule has 0 bridgehead atoms. The van der Waals surface area contributed by atoms with Gasteiger partial charge in [-0.25, -0.2) is 0 Å². The molecule has 0 spiro atoms. The van der Waals surface area contributed by atoms with Gasteiger partial charge in [-0.2, -0.15) is 8.78 Å². The molecule has 100 valence electrons. The first kappa shape index (κ1) is 13.0. The Balaban J connectivity index is 1.94. The third kappa shape index (κ3) is 2.13. The third-order valence-electron chi connectivity index (χ3n) is 3.17. The molecule has 1 heterocycles. The van der Waals surface area contributed by atoms with E-state index in [1.54, 1.807) is 42.5 Å². The van der Waals surface area contributed by atoms with E-state index >= 15 is 0 Å². The number of halogens is 3. The van der Waals surface area contributed by atoms with E-state index in [1.807, 2.05) is 0 Å². The van der Waals surface area contributed by atoms with Crippen molar-refractivity contribution >= 4 is 17.3 Å². The minimum absolute atomic E-state index is 0.0153. The second-order valence-corrected chi connectivity index (χ2v) is 4.90. The van der Waals surface area contributed by atoms with Crippen molar-refractivity contribution in [2.24, 2.45) is 0 Å². The topological polar surface area (TPSA) is 12.0 Å². The number of rotatable bonds is 0. The van der Waals surface area contributed by atoms with Gasteiger partial charge in [0.15, 0.2) is 6.04 Å². The normalized spacial score (nSPS) is 18.6. The van der Waals surface area contributed by atoms with E-state index < -0.39 is 12.0 Å². The zero-order valence-electron chi connectivity index (χ0n) is 10.3. The lowest BCUT2D eigenvalue weighted by atomic mass is 10.1. The Morgan fingerprint density at radius 1 is 1.05 bits per heavy atom. The van der Waals surface area contributed by atoms with Crippen molar-refractivity contribution in [1.29, 1.82) is 0 Å². The SMILES string of the molecule is FC1(F)c2ccccc2NC1C#Cc1ccccc1Cl. The number of para-hydroxylation sites is 1. The summed E-state index contributed by atoms with van der Waals surface area (Å²) in [5.74, 6) is 2.29. The Bertz CT molecular complexity index is 716. The third-order valence-corrected chi connectivity index (χ3v) is 3.50. The summed E-state index contributed by atoms with van der Waals surface area (Å²) in [6.45, 7) is 0. The van der Waals surface area contributed by atoms with Crippen LogP contribution in [0, 0.1) is 11.8 Å². The molecule has 0 saturated carbocycles. The van der Waals surface area contributed by atoms with Crippen molar-refractivity contribution in [3.05, 3.63) is 64.7 Å². The first-order valence-corrected chi connectivity index (χ1v) is 6.47. The molecule has 1 atom stereocenters. The molecule has 0 fully saturated rings. The molecule has 0 radical (unpaired) electrons. The fourth-order valence-corrected chi connectivity index (χ4v) is 2.32. The van der Waals surface area contributed by atoms with Gasteiger partial charge in [-0.15, -0.1) is 0 Å². The van der Waals surface area contributed by atoms with Gasteiger partial charge in [0, 0.05) is 16.8 Å². The summed E-state index contributed by atoms with van der Waals surface area (Å²) in [5.41, 5.74) is 0.956. The molecule has 2 aromatic rings. The van der Waals surface area contributed by atoms with E-state index in [4.69, 9.17) is 11.6 Å². The van der Waals surface area contributed by atoms with Crippen LogP contribution in [0.4, 0.5) is 14.5 Å². The maximum absolute atomic E-state index is 14.2. The van der Waals surface area contributed by atoms with Crippen molar-refractivity contribution < 1.29 is 8.78 Å². The minimum atomic E-state index is -3.01. The molecule has 1 nitrogen and oxygen atoms in total. The van der Waals surface area contributed by atoms with E-state index in [0.29, 0.717) is 16.3 Å². The Morgan fingerprint density at radius 2 is 1.75 bits per heavy atom. The molecule has 0 saturated heterocycles. The average molecular weight is 290 g/mol. The highest BCUT2D eigenvalue weighted by atomic mass is 35.5. The van der Waals surface area contributed by atoms with Crippen LogP contribution in [0.3, 0.4) is 0 Å². The van der Waals surface area contributed by atoms with Crippen LogP contribution in [-0.2, 0) is 5.92 Å². The second-order valence-electron chi connectivity index (χ2n) is 4.50. The summed E-state index contributed by atoms with van der Waals surface area (Å²) in [6.07, 6.45) is 0. The second kappa shape index (κ2) is 4.81. The maximum Gasteiger partial charge on any atom is 0.306 e. The van der Waals surface area contributed by atoms with E-state index in [9.17, 15) is 8.78 Å². The maximum atomic E-state index is 14.2. The van der Waals surface area contributed by atoms with Crippen molar-refractivity contribution in [1.82, 2.24) is 0 Å². The highest BCUT2D eigenvalue weighted by Crippen LogP contribution is 2.43. The summed E-state index contributed by atoms with van der Waals surface area (Å²) < 4.78 is 28.4. The first-order valence-electron chi connectivity index (χ1n) is 6.09. The molecule has 0 amide bonds. The molecular weight excluding hydrogens is 280 g/mol. The van der Waals surface area contributed by atoms with Gasteiger partial charge in [-0.3, -0.25) is 0 Å². The Hall–Kier alpha value is -2.05. The monoisotopic (exact) mass is 289 g/mol. The van der Waals surface area contributed by atoms with Crippen LogP contribution in [0.25, 0.3) is 0 Å². The van der Waals surface area contributed by atoms with Gasteiger partial charge in [0.05, 0.1) is 5.02 Å². The predicted molar refractivity (Wildman–Crippen MR) is 76.1 cm³/mol. The molecule has 1 aliphatic heterocycles. The van der Waals surface area contributed by atoms with Crippen LogP contribution in [-0.4, -0.2) is 6.04 Å². The standard InChI is InChI=1S/C16H10ClF2N/c17-13-7-3-1-5-11(13)9-10-15-16(18,19)12-6-2-4-8-14(12)20-15/h1-8,15,20H. The van der Waals surface area contributed by atoms with Crippen LogP contribution < -0.4 is 5.32 Å². The number of benzene rings is 2. The molecule has 3 rings (SSSR count). The van der Waals surface area contributed by atoms with Gasteiger partial charge in [0.25, 0.3) is 0 Å². The summed E-state index contributed by atoms with van der Waals surface area (Å²) in [6, 6.07) is 12.0. The lowest BCUT2D eigenvalue weighted by Crippen LogP contribution is -2.29. The fraction of sp³-hybridized carbons (Fsp3) is 0.125. The molecule has 20 heavy (non-hydrogen) atoms. The first-order chi connectivity index (χ1) is 9.59. The van der Waals surface area contributed by atoms with Gasteiger partial charge < -0.3 is 5.32 Å². The van der Waals surface area contributed by atoms with Crippen LogP contribution >= 0.6 is 11.6 Å². The average Bonchev–Trinajstić information content (AvgIpc) is 2.70. The van der Waals surface area contributed by atoms with Gasteiger partial charge in [0.2, 0.25) is 0 Å². The van der Waals surface area contributed by atoms with E-state index in [-0.39, 0.29) is 5.56 Å². The zero-order valence-corrected chi connectivity index (χ0v) is 11.1. The number of alkyl halides is 2. The summed E-state index contributed by atoms with van der Waals surface area (Å²) in [4.78, 5) is 0. The summed E-state index contributed by atoms with van der Waals surface area (Å²) in [7, 11) is 0. The van der Waals surface area contributed by atoms with Crippen LogP contribution in [0.5, 0.6) is 0 Å². The van der Waals surface area contributed by atoms with Crippen molar-refractivity contribution in [3.63, 3.8) is 0 Å². The number of hydrogen-bond acceptors (Lipinski definition) is 1. The van der Waals surface area contributed by atoms with Gasteiger partial charge >= 0.3 is 5.92 Å². The number of fused-ring (bicyclic) bond motifs is 1. The molecule has 0 aromatic heterocycles. The molecule has 2 aromatic carbocycles. The highest BCUT2D eigenvalue weighted by molar-refractivity contribution is 6.31. The Morgan fingerprint density at radius 3 is 2.50 bits per heavy atom. The van der Waals surface area contributed by atoms with Gasteiger partial charge in [-0.1, -0.05) is 53.8 Å². The Kier molecular flexibility index (Phi) is 3.11. The van der Waals surface area contributed by atoms with Gasteiger partial charge in [-0.05, 0) is 18.2 Å². The molecule has 1 unspecified atom stereocenters. The quantitative estimate of drug-likeness (QED) is 0.714. The predicted octanol–water partition coefficient (Wildman–Crippen LogP) is 4.28. The van der Waals surface area contributed by atoms with E-state index in [2.05, 4.69) is 17.2 Å². The van der Waals surface area contributed by atoms with Gasteiger partial charge in [0.1, 0.15) is 0 Å². The van der Waals surface area contributed by atoms with E-state index in [1.165, 1.54) is 6.07 Å². The van der Waals surface area contributed by atoms with Crippen LogP contribution in [0.2, 0.25) is 5.02 Å². The Labute approximate surface area is 120 Å². The van der Waals surface area contributed by atoms with Crippen LogP contribution in [0.15, 0.2) is 48.5 Å². The van der Waals surface area contributed by atoms with Crippen molar-refractivity contribution in [2.75, 3.05) is 5.32 Å². The molecule has 4 heteroatoms. The minimum Gasteiger partial charge on any atom is -0.366 e. The van der Waals surface area contributed by atoms with Crippen LogP contribution in [0.1, 0.15) is 11.1 Å². The lowest BCUT2D eigenvalue weighted by Gasteiger charge is -2.13. The highest BCUT2D eigenvalue weighted by Gasteiger charge is 2.47. The van der Waals surface area contributed by atoms with Crippen molar-refractivity contribution in [3.8, 4) is 11.8 Å². The molecule has 0 aliphatic carbocycles. The van der Waals surface area contributed by atoms with E-state index in [0.717, 1.165) is 0 Å². The number of hydrogen-bond donors (Lipinski definition) is 1. The molecular formula is C16H10ClF2N. The number of nitrogens with one attached hydrogen (secondary N) is 1. The fourth-order valence-electron chi connectivity index (χ4n) is 2.14. The molecule has 1 N–H and O–H groups in total. The lowest BCUT2D eigenvalue weighted by molar-refractivity contribution is 0.000141. The largest absolute Gasteiger partial charge is 0.366 e. The zero-order chi connectivity index (χ0) is 14.2. The summed E-state index contributed by atoms with van der Waals surface area (Å²) >= 11 is 5.96. The summed E-state index contributed by atoms with van der Waals surface area (Å²) in [5, 5.41) is 3.20. The number of anilines is 1. The van der Waals surface area contributed by atoms with Crippen molar-refractivity contribution in [2.45, 2.75) is 12.0 Å². The molecule has 1 aliphatic rings.